The van der Waals surface area contributed by atoms with E-state index in [9.17, 15) is 15.0 Å². The van der Waals surface area contributed by atoms with E-state index in [2.05, 4.69) is 0 Å². The van der Waals surface area contributed by atoms with E-state index in [0.29, 0.717) is 39.2 Å². The maximum absolute atomic E-state index is 12.9. The normalized spacial score (nSPS) is 17.0. The molecule has 33 heavy (non-hydrogen) atoms. The Morgan fingerprint density at radius 2 is 1.94 bits per heavy atom. The molecule has 2 N–H and O–H groups in total. The molecule has 0 bridgehead atoms. The Bertz CT molecular complexity index is 1410. The SMILES string of the molecule is CCOC(=O)C1=C(C)C=c2oc(=Cc3ccc4c(c3)OCO4)c(O)c2C1c1ccccc1O. The Morgan fingerprint density at radius 1 is 1.15 bits per heavy atom. The van der Waals surface area contributed by atoms with E-state index < -0.39 is 11.9 Å². The van der Waals surface area contributed by atoms with Crippen molar-refractivity contribution in [3.63, 3.8) is 0 Å². The van der Waals surface area contributed by atoms with Gasteiger partial charge in [0, 0.05) is 5.56 Å². The van der Waals surface area contributed by atoms with Gasteiger partial charge >= 0.3 is 5.97 Å². The van der Waals surface area contributed by atoms with E-state index in [-0.39, 0.29) is 30.3 Å². The summed E-state index contributed by atoms with van der Waals surface area (Å²) >= 11 is 0. The van der Waals surface area contributed by atoms with Crippen LogP contribution in [0, 0.1) is 0 Å². The summed E-state index contributed by atoms with van der Waals surface area (Å²) in [6.07, 6.45) is 3.39. The summed E-state index contributed by atoms with van der Waals surface area (Å²) in [5, 5.41) is 21.8. The Morgan fingerprint density at radius 3 is 2.73 bits per heavy atom. The van der Waals surface area contributed by atoms with Crippen LogP contribution in [0.2, 0.25) is 0 Å². The molecule has 7 heteroatoms. The molecule has 2 aromatic carbocycles. The zero-order chi connectivity index (χ0) is 23.1. The molecule has 1 aromatic heterocycles. The first-order valence-electron chi connectivity index (χ1n) is 10.6. The number of hydrogen-bond acceptors (Lipinski definition) is 7. The summed E-state index contributed by atoms with van der Waals surface area (Å²) in [6.45, 7) is 3.88. The van der Waals surface area contributed by atoms with Crippen LogP contribution in [0.1, 0.15) is 36.5 Å². The number of carbonyl (C=O) groups is 1. The number of aromatic hydroxyl groups is 2. The van der Waals surface area contributed by atoms with Crippen molar-refractivity contribution < 1.29 is 33.6 Å². The van der Waals surface area contributed by atoms with Gasteiger partial charge in [0.1, 0.15) is 11.2 Å². The minimum absolute atomic E-state index is 0.00634. The van der Waals surface area contributed by atoms with Crippen LogP contribution in [-0.2, 0) is 9.53 Å². The predicted octanol–water partition coefficient (Wildman–Crippen LogP) is 3.05. The van der Waals surface area contributed by atoms with Crippen LogP contribution < -0.4 is 20.3 Å². The lowest BCUT2D eigenvalue weighted by Gasteiger charge is -2.24. The molecule has 7 nitrogen and oxygen atoms in total. The van der Waals surface area contributed by atoms with E-state index in [0.717, 1.165) is 5.56 Å². The fourth-order valence-corrected chi connectivity index (χ4v) is 4.29. The molecule has 5 rings (SSSR count). The maximum atomic E-state index is 12.9. The van der Waals surface area contributed by atoms with Gasteiger partial charge in [-0.2, -0.15) is 0 Å². The van der Waals surface area contributed by atoms with Gasteiger partial charge in [-0.1, -0.05) is 24.3 Å². The number of phenolic OH excluding ortho intramolecular Hbond substituents is 1. The first-order chi connectivity index (χ1) is 16.0. The molecule has 1 aliphatic heterocycles. The summed E-state index contributed by atoms with van der Waals surface area (Å²) in [6, 6.07) is 12.1. The Balaban J connectivity index is 1.70. The molecule has 168 valence electrons. The summed E-state index contributed by atoms with van der Waals surface area (Å²) in [4.78, 5) is 12.9. The number of ether oxygens (including phenoxy) is 3. The number of carbonyl (C=O) groups excluding carboxylic acids is 1. The van der Waals surface area contributed by atoms with Crippen LogP contribution >= 0.6 is 0 Å². The first-order valence-corrected chi connectivity index (χ1v) is 10.6. The molecule has 0 spiro atoms. The van der Waals surface area contributed by atoms with Crippen LogP contribution in [-0.4, -0.2) is 29.6 Å². The molecular weight excluding hydrogens is 424 g/mol. The topological polar surface area (TPSA) is 98.4 Å². The minimum Gasteiger partial charge on any atom is -0.508 e. The Kier molecular flexibility index (Phi) is 5.09. The summed E-state index contributed by atoms with van der Waals surface area (Å²) in [5.41, 5.74) is 3.24. The number of phenols is 1. The van der Waals surface area contributed by atoms with Gasteiger partial charge in [0.25, 0.3) is 0 Å². The lowest BCUT2D eigenvalue weighted by Crippen LogP contribution is -2.24. The predicted molar refractivity (Wildman–Crippen MR) is 120 cm³/mol. The van der Waals surface area contributed by atoms with Gasteiger partial charge in [0.05, 0.1) is 23.7 Å². The average Bonchev–Trinajstić information content (AvgIpc) is 3.37. The van der Waals surface area contributed by atoms with Crippen LogP contribution in [0.3, 0.4) is 0 Å². The van der Waals surface area contributed by atoms with E-state index in [1.807, 2.05) is 6.07 Å². The van der Waals surface area contributed by atoms with Gasteiger partial charge in [-0.15, -0.1) is 0 Å². The number of furan rings is 1. The van der Waals surface area contributed by atoms with Crippen molar-refractivity contribution >= 4 is 18.1 Å². The largest absolute Gasteiger partial charge is 0.508 e. The smallest absolute Gasteiger partial charge is 0.335 e. The second kappa shape index (κ2) is 8.09. The third kappa shape index (κ3) is 3.51. The second-order valence-corrected chi connectivity index (χ2v) is 7.80. The van der Waals surface area contributed by atoms with Crippen molar-refractivity contribution in [1.29, 1.82) is 0 Å². The lowest BCUT2D eigenvalue weighted by atomic mass is 9.79. The van der Waals surface area contributed by atoms with E-state index >= 15 is 0 Å². The Hall–Kier alpha value is -4.13. The van der Waals surface area contributed by atoms with Crippen molar-refractivity contribution in [3.05, 3.63) is 81.1 Å². The average molecular weight is 446 g/mol. The highest BCUT2D eigenvalue weighted by Gasteiger charge is 2.36. The number of rotatable bonds is 4. The standard InChI is InChI=1S/C26H22O7/c1-3-30-26(29)22-14(2)10-20-24(23(22)16-6-4-5-7-17(16)27)25(28)21(33-20)12-15-8-9-18-19(11-15)32-13-31-18/h4-12,23,27-28H,3,13H2,1-2H3. The monoisotopic (exact) mass is 446 g/mol. The van der Waals surface area contributed by atoms with Gasteiger partial charge in [0.2, 0.25) is 6.79 Å². The summed E-state index contributed by atoms with van der Waals surface area (Å²) in [7, 11) is 0. The van der Waals surface area contributed by atoms with E-state index in [1.54, 1.807) is 62.4 Å². The number of allylic oxidation sites excluding steroid dienone is 1. The highest BCUT2D eigenvalue weighted by molar-refractivity contribution is 5.95. The lowest BCUT2D eigenvalue weighted by molar-refractivity contribution is -0.138. The van der Waals surface area contributed by atoms with Crippen molar-refractivity contribution in [2.24, 2.45) is 0 Å². The van der Waals surface area contributed by atoms with Gasteiger partial charge in [-0.05, 0) is 55.3 Å². The molecule has 1 atom stereocenters. The third-order valence-corrected chi connectivity index (χ3v) is 5.76. The fraction of sp³-hybridized carbons (Fsp3) is 0.192. The third-order valence-electron chi connectivity index (χ3n) is 5.76. The van der Waals surface area contributed by atoms with E-state index in [4.69, 9.17) is 18.6 Å². The molecular formula is C26H22O7. The molecule has 1 aliphatic carbocycles. The molecule has 0 fully saturated rings. The highest BCUT2D eigenvalue weighted by atomic mass is 16.7. The second-order valence-electron chi connectivity index (χ2n) is 7.80. The first kappa shape index (κ1) is 20.8. The van der Waals surface area contributed by atoms with Gasteiger partial charge in [0.15, 0.2) is 22.7 Å². The van der Waals surface area contributed by atoms with Crippen LogP contribution in [0.5, 0.6) is 23.0 Å². The summed E-state index contributed by atoms with van der Waals surface area (Å²) in [5.74, 6) is -0.101. The zero-order valence-electron chi connectivity index (χ0n) is 18.1. The number of fused-ring (bicyclic) bond motifs is 2. The van der Waals surface area contributed by atoms with Crippen molar-refractivity contribution in [3.8, 4) is 23.0 Å². The molecule has 1 unspecified atom stereocenters. The Labute approximate surface area is 189 Å². The maximum Gasteiger partial charge on any atom is 0.335 e. The highest BCUT2D eigenvalue weighted by Crippen LogP contribution is 2.42. The fourth-order valence-electron chi connectivity index (χ4n) is 4.29. The van der Waals surface area contributed by atoms with Gasteiger partial charge in [-0.25, -0.2) is 4.79 Å². The number of hydrogen-bond donors (Lipinski definition) is 2. The number of benzene rings is 2. The molecule has 2 aliphatic rings. The van der Waals surface area contributed by atoms with Crippen molar-refractivity contribution in [2.75, 3.05) is 13.4 Å². The molecule has 0 radical (unpaired) electrons. The minimum atomic E-state index is -0.757. The molecule has 0 amide bonds. The van der Waals surface area contributed by atoms with Crippen molar-refractivity contribution in [2.45, 2.75) is 19.8 Å². The molecule has 0 saturated carbocycles. The number of para-hydroxylation sites is 1. The zero-order valence-corrected chi connectivity index (χ0v) is 18.1. The van der Waals surface area contributed by atoms with Crippen LogP contribution in [0.25, 0.3) is 12.2 Å². The summed E-state index contributed by atoms with van der Waals surface area (Å²) < 4.78 is 22.1. The molecule has 2 heterocycles. The quantitative estimate of drug-likeness (QED) is 0.595. The molecule has 0 saturated heterocycles. The van der Waals surface area contributed by atoms with Crippen molar-refractivity contribution in [1.82, 2.24) is 0 Å². The number of esters is 1. The van der Waals surface area contributed by atoms with Gasteiger partial charge < -0.3 is 28.8 Å². The van der Waals surface area contributed by atoms with Crippen LogP contribution in [0.15, 0.2) is 58.0 Å². The van der Waals surface area contributed by atoms with Gasteiger partial charge in [-0.3, -0.25) is 0 Å². The van der Waals surface area contributed by atoms with E-state index in [1.165, 1.54) is 0 Å². The van der Waals surface area contributed by atoms with Crippen LogP contribution in [0.4, 0.5) is 0 Å². The molecule has 3 aromatic rings.